The average Bonchev–Trinajstić information content (AvgIpc) is 2.89. The van der Waals surface area contributed by atoms with Crippen LogP contribution in [0.15, 0.2) is 18.5 Å². The summed E-state index contributed by atoms with van der Waals surface area (Å²) in [6.07, 6.45) is 5.47. The summed E-state index contributed by atoms with van der Waals surface area (Å²) in [5.74, 6) is 2.17. The van der Waals surface area contributed by atoms with Crippen LogP contribution in [0.5, 0.6) is 0 Å². The highest BCUT2D eigenvalue weighted by Crippen LogP contribution is 2.19. The Balaban J connectivity index is 2.03. The molecular weight excluding hydrogens is 246 g/mol. The van der Waals surface area contributed by atoms with E-state index in [9.17, 15) is 4.79 Å². The number of hydrogen-bond donors (Lipinski definition) is 2. The van der Waals surface area contributed by atoms with E-state index in [2.05, 4.69) is 22.5 Å². The van der Waals surface area contributed by atoms with Crippen LogP contribution in [0.2, 0.25) is 0 Å². The van der Waals surface area contributed by atoms with Gasteiger partial charge in [-0.1, -0.05) is 6.92 Å². The number of pyridine rings is 1. The summed E-state index contributed by atoms with van der Waals surface area (Å²) >= 11 is 1.89. The molecule has 1 aliphatic heterocycles. The maximum absolute atomic E-state index is 12.2. The SMILES string of the molecule is CCCNc1cnccc1C(=O)NC1CCSC1. The van der Waals surface area contributed by atoms with E-state index >= 15 is 0 Å². The quantitative estimate of drug-likeness (QED) is 0.856. The van der Waals surface area contributed by atoms with Gasteiger partial charge >= 0.3 is 0 Å². The number of nitrogens with one attached hydrogen (secondary N) is 2. The molecule has 1 amide bonds. The Hall–Kier alpha value is -1.23. The number of thioether (sulfide) groups is 1. The first-order valence-corrected chi connectivity index (χ1v) is 7.53. The van der Waals surface area contributed by atoms with Crippen molar-refractivity contribution in [2.24, 2.45) is 0 Å². The van der Waals surface area contributed by atoms with E-state index in [1.165, 1.54) is 0 Å². The minimum atomic E-state index is 0.00324. The molecule has 0 bridgehead atoms. The van der Waals surface area contributed by atoms with Gasteiger partial charge in [-0.25, -0.2) is 0 Å². The van der Waals surface area contributed by atoms with Crippen LogP contribution in [0.25, 0.3) is 0 Å². The molecule has 2 rings (SSSR count). The number of hydrogen-bond acceptors (Lipinski definition) is 4. The predicted octanol–water partition coefficient (Wildman–Crippen LogP) is 2.14. The summed E-state index contributed by atoms with van der Waals surface area (Å²) in [4.78, 5) is 16.3. The van der Waals surface area contributed by atoms with E-state index in [-0.39, 0.29) is 5.91 Å². The molecule has 0 aliphatic carbocycles. The van der Waals surface area contributed by atoms with Crippen LogP contribution in [0.1, 0.15) is 30.1 Å². The van der Waals surface area contributed by atoms with Gasteiger partial charge in [-0.3, -0.25) is 9.78 Å². The van der Waals surface area contributed by atoms with Gasteiger partial charge in [0.05, 0.1) is 17.4 Å². The summed E-state index contributed by atoms with van der Waals surface area (Å²) in [6.45, 7) is 2.95. The number of carbonyl (C=O) groups is 1. The Kier molecular flexibility index (Phi) is 4.87. The lowest BCUT2D eigenvalue weighted by Crippen LogP contribution is -2.35. The Morgan fingerprint density at radius 1 is 1.61 bits per heavy atom. The van der Waals surface area contributed by atoms with Crippen LogP contribution in [-0.4, -0.2) is 35.0 Å². The third-order valence-corrected chi connectivity index (χ3v) is 4.06. The fourth-order valence-electron chi connectivity index (χ4n) is 1.90. The van der Waals surface area contributed by atoms with Gasteiger partial charge in [0.1, 0.15) is 0 Å². The largest absolute Gasteiger partial charge is 0.383 e. The lowest BCUT2D eigenvalue weighted by atomic mass is 10.2. The van der Waals surface area contributed by atoms with Crippen molar-refractivity contribution in [1.82, 2.24) is 10.3 Å². The molecule has 2 N–H and O–H groups in total. The highest BCUT2D eigenvalue weighted by atomic mass is 32.2. The average molecular weight is 265 g/mol. The minimum absolute atomic E-state index is 0.00324. The fraction of sp³-hybridized carbons (Fsp3) is 0.538. The van der Waals surface area contributed by atoms with Crippen LogP contribution < -0.4 is 10.6 Å². The van der Waals surface area contributed by atoms with Crippen molar-refractivity contribution < 1.29 is 4.79 Å². The van der Waals surface area contributed by atoms with E-state index in [1.54, 1.807) is 18.5 Å². The molecule has 0 spiro atoms. The minimum Gasteiger partial charge on any atom is -0.383 e. The standard InChI is InChI=1S/C13H19N3OS/c1-2-5-15-12-8-14-6-3-11(12)13(17)16-10-4-7-18-9-10/h3,6,8,10,15H,2,4-5,7,9H2,1H3,(H,16,17). The molecule has 2 heterocycles. The summed E-state index contributed by atoms with van der Waals surface area (Å²) in [5, 5.41) is 6.32. The number of aromatic nitrogens is 1. The monoisotopic (exact) mass is 265 g/mol. The van der Waals surface area contributed by atoms with Gasteiger partial charge in [-0.05, 0) is 24.7 Å². The smallest absolute Gasteiger partial charge is 0.253 e. The fourth-order valence-corrected chi connectivity index (χ4v) is 3.06. The number of rotatable bonds is 5. The molecule has 5 heteroatoms. The lowest BCUT2D eigenvalue weighted by molar-refractivity contribution is 0.0942. The van der Waals surface area contributed by atoms with Gasteiger partial charge in [0, 0.05) is 24.5 Å². The summed E-state index contributed by atoms with van der Waals surface area (Å²) in [7, 11) is 0. The molecule has 1 aromatic heterocycles. The Labute approximate surface area is 112 Å². The first kappa shape index (κ1) is 13.2. The van der Waals surface area contributed by atoms with Crippen molar-refractivity contribution in [1.29, 1.82) is 0 Å². The van der Waals surface area contributed by atoms with Crippen LogP contribution in [0.3, 0.4) is 0 Å². The Morgan fingerprint density at radius 3 is 3.22 bits per heavy atom. The van der Waals surface area contributed by atoms with Gasteiger partial charge in [0.15, 0.2) is 0 Å². The first-order chi connectivity index (χ1) is 8.81. The molecule has 1 unspecified atom stereocenters. The van der Waals surface area contributed by atoms with Crippen molar-refractivity contribution in [2.75, 3.05) is 23.4 Å². The topological polar surface area (TPSA) is 54.0 Å². The van der Waals surface area contributed by atoms with Gasteiger partial charge in [0.25, 0.3) is 5.91 Å². The molecular formula is C13H19N3OS. The number of amides is 1. The van der Waals surface area contributed by atoms with E-state index in [1.807, 2.05) is 11.8 Å². The highest BCUT2D eigenvalue weighted by molar-refractivity contribution is 7.99. The van der Waals surface area contributed by atoms with E-state index in [0.717, 1.165) is 36.6 Å². The van der Waals surface area contributed by atoms with Crippen molar-refractivity contribution in [3.05, 3.63) is 24.0 Å². The van der Waals surface area contributed by atoms with Gasteiger partial charge in [0.2, 0.25) is 0 Å². The van der Waals surface area contributed by atoms with Crippen molar-refractivity contribution in [3.8, 4) is 0 Å². The van der Waals surface area contributed by atoms with Crippen LogP contribution in [0, 0.1) is 0 Å². The summed E-state index contributed by atoms with van der Waals surface area (Å²) < 4.78 is 0. The molecule has 1 atom stereocenters. The zero-order valence-electron chi connectivity index (χ0n) is 10.6. The zero-order valence-corrected chi connectivity index (χ0v) is 11.4. The lowest BCUT2D eigenvalue weighted by Gasteiger charge is -2.14. The van der Waals surface area contributed by atoms with Crippen LogP contribution >= 0.6 is 11.8 Å². The normalized spacial score (nSPS) is 18.6. The van der Waals surface area contributed by atoms with E-state index in [4.69, 9.17) is 0 Å². The second-order valence-electron chi connectivity index (χ2n) is 4.38. The molecule has 18 heavy (non-hydrogen) atoms. The second-order valence-corrected chi connectivity index (χ2v) is 5.53. The molecule has 0 saturated carbocycles. The maximum Gasteiger partial charge on any atom is 0.253 e. The molecule has 1 saturated heterocycles. The molecule has 1 aromatic rings. The molecule has 0 radical (unpaired) electrons. The number of nitrogens with zero attached hydrogens (tertiary/aromatic N) is 1. The summed E-state index contributed by atoms with van der Waals surface area (Å²) in [6, 6.07) is 2.09. The summed E-state index contributed by atoms with van der Waals surface area (Å²) in [5.41, 5.74) is 1.51. The second kappa shape index (κ2) is 6.64. The Morgan fingerprint density at radius 2 is 2.50 bits per heavy atom. The molecule has 98 valence electrons. The van der Waals surface area contributed by atoms with Crippen molar-refractivity contribution in [2.45, 2.75) is 25.8 Å². The van der Waals surface area contributed by atoms with Gasteiger partial charge in [-0.15, -0.1) is 0 Å². The number of anilines is 1. The first-order valence-electron chi connectivity index (χ1n) is 6.37. The van der Waals surface area contributed by atoms with E-state index < -0.39 is 0 Å². The molecule has 0 aromatic carbocycles. The predicted molar refractivity (Wildman–Crippen MR) is 76.2 cm³/mol. The van der Waals surface area contributed by atoms with Crippen molar-refractivity contribution >= 4 is 23.4 Å². The molecule has 1 fully saturated rings. The maximum atomic E-state index is 12.2. The Bertz CT molecular complexity index is 405. The van der Waals surface area contributed by atoms with Gasteiger partial charge < -0.3 is 10.6 Å². The molecule has 4 nitrogen and oxygen atoms in total. The third kappa shape index (κ3) is 3.38. The van der Waals surface area contributed by atoms with Crippen molar-refractivity contribution in [3.63, 3.8) is 0 Å². The van der Waals surface area contributed by atoms with E-state index in [0.29, 0.717) is 11.6 Å². The zero-order chi connectivity index (χ0) is 12.8. The number of carbonyl (C=O) groups excluding carboxylic acids is 1. The van der Waals surface area contributed by atoms with Crippen LogP contribution in [-0.2, 0) is 0 Å². The molecule has 1 aliphatic rings. The highest BCUT2D eigenvalue weighted by Gasteiger charge is 2.19. The van der Waals surface area contributed by atoms with Gasteiger partial charge in [-0.2, -0.15) is 11.8 Å². The third-order valence-electron chi connectivity index (χ3n) is 2.90. The van der Waals surface area contributed by atoms with Crippen LogP contribution in [0.4, 0.5) is 5.69 Å².